The molecule has 0 spiro atoms. The first-order valence-corrected chi connectivity index (χ1v) is 10.4. The molecule has 3 aromatic rings. The van der Waals surface area contributed by atoms with Gasteiger partial charge in [0, 0.05) is 41.6 Å². The largest absolute Gasteiger partial charge is 0.343 e. The van der Waals surface area contributed by atoms with Gasteiger partial charge in [-0.25, -0.2) is 4.98 Å². The summed E-state index contributed by atoms with van der Waals surface area (Å²) in [5.74, 6) is -0.267. The lowest BCUT2D eigenvalue weighted by Gasteiger charge is -2.43. The monoisotopic (exact) mass is 422 g/mol. The minimum Gasteiger partial charge on any atom is -0.343 e. The zero-order valence-electron chi connectivity index (χ0n) is 16.5. The molecular formula is C23H23ClN4O2. The highest BCUT2D eigenvalue weighted by Crippen LogP contribution is 2.41. The standard InChI is InChI=1S/C23H23ClN4O2/c24-19-7-5-18(6-8-19)23(10-2-11-23)27-22(30)17-3-1-4-20(15-17)26-21(29)9-13-28-14-12-25-16-28/h1,3-8,12,14-16H,2,9-11,13H2,(H,26,29)(H,27,30). The maximum Gasteiger partial charge on any atom is 0.252 e. The number of anilines is 1. The molecule has 0 bridgehead atoms. The Bertz CT molecular complexity index is 1030. The van der Waals surface area contributed by atoms with Crippen molar-refractivity contribution >= 4 is 29.1 Å². The molecule has 0 aliphatic heterocycles. The van der Waals surface area contributed by atoms with Gasteiger partial charge in [0.25, 0.3) is 5.91 Å². The number of carbonyl (C=O) groups excluding carboxylic acids is 2. The predicted molar refractivity (Wildman–Crippen MR) is 116 cm³/mol. The highest BCUT2D eigenvalue weighted by atomic mass is 35.5. The molecule has 2 aromatic carbocycles. The highest BCUT2D eigenvalue weighted by Gasteiger charge is 2.40. The van der Waals surface area contributed by atoms with Crippen molar-refractivity contribution in [2.24, 2.45) is 0 Å². The van der Waals surface area contributed by atoms with Crippen LogP contribution < -0.4 is 10.6 Å². The number of amides is 2. The minimum atomic E-state index is -0.355. The fraction of sp³-hybridized carbons (Fsp3) is 0.261. The van der Waals surface area contributed by atoms with Crippen LogP contribution in [0.15, 0.2) is 67.3 Å². The lowest BCUT2D eigenvalue weighted by atomic mass is 9.71. The van der Waals surface area contributed by atoms with Gasteiger partial charge in [-0.3, -0.25) is 9.59 Å². The van der Waals surface area contributed by atoms with Crippen molar-refractivity contribution in [3.63, 3.8) is 0 Å². The maximum absolute atomic E-state index is 13.0. The zero-order chi connectivity index (χ0) is 21.0. The summed E-state index contributed by atoms with van der Waals surface area (Å²) in [7, 11) is 0. The smallest absolute Gasteiger partial charge is 0.252 e. The van der Waals surface area contributed by atoms with E-state index in [-0.39, 0.29) is 17.4 Å². The van der Waals surface area contributed by atoms with Gasteiger partial charge in [0.15, 0.2) is 0 Å². The van der Waals surface area contributed by atoms with Gasteiger partial charge in [-0.1, -0.05) is 29.8 Å². The molecule has 1 saturated carbocycles. The molecule has 0 atom stereocenters. The Morgan fingerprint density at radius 3 is 2.60 bits per heavy atom. The van der Waals surface area contributed by atoms with Crippen LogP contribution in [-0.2, 0) is 16.9 Å². The Kier molecular flexibility index (Phi) is 5.86. The summed E-state index contributed by atoms with van der Waals surface area (Å²) in [5, 5.41) is 6.74. The van der Waals surface area contributed by atoms with Crippen LogP contribution in [0.3, 0.4) is 0 Å². The van der Waals surface area contributed by atoms with Gasteiger partial charge in [0.2, 0.25) is 5.91 Å². The second-order valence-electron chi connectivity index (χ2n) is 7.58. The number of hydrogen-bond donors (Lipinski definition) is 2. The normalized spacial score (nSPS) is 14.6. The Morgan fingerprint density at radius 2 is 1.93 bits per heavy atom. The minimum absolute atomic E-state index is 0.113. The molecule has 154 valence electrons. The first-order chi connectivity index (χ1) is 14.5. The Balaban J connectivity index is 1.40. The molecule has 4 rings (SSSR count). The number of benzene rings is 2. The number of halogens is 1. The second kappa shape index (κ2) is 8.71. The van der Waals surface area contributed by atoms with Crippen LogP contribution >= 0.6 is 11.6 Å². The number of rotatable bonds is 7. The van der Waals surface area contributed by atoms with Crippen LogP contribution in [0, 0.1) is 0 Å². The van der Waals surface area contributed by atoms with E-state index in [9.17, 15) is 9.59 Å². The fourth-order valence-corrected chi connectivity index (χ4v) is 3.81. The van der Waals surface area contributed by atoms with E-state index in [1.54, 1.807) is 36.8 Å². The molecule has 2 N–H and O–H groups in total. The average molecular weight is 423 g/mol. The quantitative estimate of drug-likeness (QED) is 0.593. The molecule has 0 radical (unpaired) electrons. The van der Waals surface area contributed by atoms with Crippen molar-refractivity contribution in [3.05, 3.63) is 83.4 Å². The zero-order valence-corrected chi connectivity index (χ0v) is 17.2. The van der Waals surface area contributed by atoms with E-state index in [1.165, 1.54) is 0 Å². The number of carbonyl (C=O) groups is 2. The van der Waals surface area contributed by atoms with Crippen molar-refractivity contribution in [1.82, 2.24) is 14.9 Å². The number of nitrogens with one attached hydrogen (secondary N) is 2. The fourth-order valence-electron chi connectivity index (χ4n) is 3.69. The van der Waals surface area contributed by atoms with E-state index < -0.39 is 0 Å². The predicted octanol–water partition coefficient (Wildman–Crippen LogP) is 4.37. The first kappa shape index (κ1) is 20.2. The van der Waals surface area contributed by atoms with Crippen LogP contribution in [0.2, 0.25) is 5.02 Å². The molecule has 1 aliphatic carbocycles. The third kappa shape index (κ3) is 4.54. The van der Waals surface area contributed by atoms with E-state index in [4.69, 9.17) is 11.6 Å². The van der Waals surface area contributed by atoms with Gasteiger partial charge in [0.1, 0.15) is 0 Å². The summed E-state index contributed by atoms with van der Waals surface area (Å²) in [5.41, 5.74) is 1.83. The molecule has 1 aromatic heterocycles. The third-order valence-electron chi connectivity index (χ3n) is 5.52. The second-order valence-corrected chi connectivity index (χ2v) is 8.01. The maximum atomic E-state index is 13.0. The van der Waals surface area contributed by atoms with E-state index >= 15 is 0 Å². The molecule has 1 aliphatic rings. The van der Waals surface area contributed by atoms with E-state index in [0.717, 1.165) is 24.8 Å². The molecule has 1 heterocycles. The van der Waals surface area contributed by atoms with Gasteiger partial charge in [0.05, 0.1) is 11.9 Å². The Labute approximate surface area is 180 Å². The van der Waals surface area contributed by atoms with E-state index in [1.807, 2.05) is 35.0 Å². The molecule has 0 unspecified atom stereocenters. The summed E-state index contributed by atoms with van der Waals surface area (Å²) in [6.07, 6.45) is 8.35. The molecule has 6 nitrogen and oxygen atoms in total. The van der Waals surface area contributed by atoms with Crippen LogP contribution in [0.25, 0.3) is 0 Å². The van der Waals surface area contributed by atoms with Gasteiger partial charge in [-0.05, 0) is 55.2 Å². The van der Waals surface area contributed by atoms with Crippen molar-refractivity contribution in [3.8, 4) is 0 Å². The Morgan fingerprint density at radius 1 is 1.13 bits per heavy atom. The van der Waals surface area contributed by atoms with Crippen LogP contribution in [0.5, 0.6) is 0 Å². The SMILES string of the molecule is O=C(CCn1ccnc1)Nc1cccc(C(=O)NC2(c3ccc(Cl)cc3)CCC2)c1. The first-order valence-electron chi connectivity index (χ1n) is 9.98. The molecule has 2 amide bonds. The highest BCUT2D eigenvalue weighted by molar-refractivity contribution is 6.30. The number of imidazole rings is 1. The average Bonchev–Trinajstić information content (AvgIpc) is 3.24. The number of nitrogens with zero attached hydrogens (tertiary/aromatic N) is 2. The van der Waals surface area contributed by atoms with Crippen molar-refractivity contribution < 1.29 is 9.59 Å². The number of hydrogen-bond acceptors (Lipinski definition) is 3. The van der Waals surface area contributed by atoms with Gasteiger partial charge in [-0.15, -0.1) is 0 Å². The topological polar surface area (TPSA) is 76.0 Å². The lowest BCUT2D eigenvalue weighted by molar-refractivity contribution is -0.116. The summed E-state index contributed by atoms with van der Waals surface area (Å²) in [4.78, 5) is 29.1. The lowest BCUT2D eigenvalue weighted by Crippen LogP contribution is -2.50. The molecule has 30 heavy (non-hydrogen) atoms. The van der Waals surface area contributed by atoms with Crippen LogP contribution in [0.1, 0.15) is 41.6 Å². The van der Waals surface area contributed by atoms with E-state index in [0.29, 0.717) is 29.2 Å². The van der Waals surface area contributed by atoms with Crippen molar-refractivity contribution in [2.45, 2.75) is 37.8 Å². The summed E-state index contributed by atoms with van der Waals surface area (Å²) >= 11 is 6.01. The van der Waals surface area contributed by atoms with Gasteiger partial charge >= 0.3 is 0 Å². The third-order valence-corrected chi connectivity index (χ3v) is 5.77. The molecule has 7 heteroatoms. The summed E-state index contributed by atoms with van der Waals surface area (Å²) in [6, 6.07) is 14.7. The van der Waals surface area contributed by atoms with Crippen molar-refractivity contribution in [2.75, 3.05) is 5.32 Å². The Hall–Kier alpha value is -3.12. The van der Waals surface area contributed by atoms with E-state index in [2.05, 4.69) is 15.6 Å². The van der Waals surface area contributed by atoms with Crippen LogP contribution in [-0.4, -0.2) is 21.4 Å². The molecule has 1 fully saturated rings. The van der Waals surface area contributed by atoms with Gasteiger partial charge < -0.3 is 15.2 Å². The van der Waals surface area contributed by atoms with Crippen molar-refractivity contribution in [1.29, 1.82) is 0 Å². The molecular weight excluding hydrogens is 400 g/mol. The number of aryl methyl sites for hydroxylation is 1. The van der Waals surface area contributed by atoms with Gasteiger partial charge in [-0.2, -0.15) is 0 Å². The number of aromatic nitrogens is 2. The van der Waals surface area contributed by atoms with Crippen LogP contribution in [0.4, 0.5) is 5.69 Å². The summed E-state index contributed by atoms with van der Waals surface area (Å²) in [6.45, 7) is 0.551. The molecule has 0 saturated heterocycles. The summed E-state index contributed by atoms with van der Waals surface area (Å²) < 4.78 is 1.85.